The Balaban J connectivity index is 1.78. The Bertz CT molecular complexity index is 442. The fourth-order valence-corrected chi connectivity index (χ4v) is 1.59. The van der Waals surface area contributed by atoms with Crippen LogP contribution in [0, 0.1) is 0 Å². The lowest BCUT2D eigenvalue weighted by Crippen LogP contribution is -2.06. The van der Waals surface area contributed by atoms with E-state index >= 15 is 0 Å². The number of imidazole rings is 1. The molecule has 0 atom stereocenters. The smallest absolute Gasteiger partial charge is 0.168 e. The molecule has 0 saturated heterocycles. The minimum Gasteiger partial charge on any atom is -0.493 e. The maximum atomic E-state index is 5.20. The van der Waals surface area contributed by atoms with Crippen molar-refractivity contribution in [1.82, 2.24) is 15.0 Å². The molecule has 0 aromatic carbocycles. The summed E-state index contributed by atoms with van der Waals surface area (Å²) in [6.45, 7) is 0.841. The Morgan fingerprint density at radius 3 is 3.06 bits per heavy atom. The molecule has 0 unspecified atom stereocenters. The third-order valence-corrected chi connectivity index (χ3v) is 2.43. The number of hydrogen-bond acceptors (Lipinski definition) is 4. The van der Waals surface area contributed by atoms with Crippen molar-refractivity contribution >= 4 is 5.82 Å². The molecule has 0 aliphatic rings. The number of hydrogen-bond donors (Lipinski definition) is 2. The third-order valence-electron chi connectivity index (χ3n) is 2.43. The highest BCUT2D eigenvalue weighted by Crippen LogP contribution is 2.19. The van der Waals surface area contributed by atoms with Gasteiger partial charge < -0.3 is 15.0 Å². The Hall–Kier alpha value is -2.04. The lowest BCUT2D eigenvalue weighted by Gasteiger charge is -2.08. The van der Waals surface area contributed by atoms with Crippen LogP contribution < -0.4 is 10.1 Å². The molecule has 0 radical (unpaired) electrons. The lowest BCUT2D eigenvalue weighted by molar-refractivity contribution is 0.415. The average Bonchev–Trinajstić information content (AvgIpc) is 2.88. The molecule has 2 rings (SSSR count). The van der Waals surface area contributed by atoms with Crippen molar-refractivity contribution in [2.75, 3.05) is 19.0 Å². The van der Waals surface area contributed by atoms with Crippen LogP contribution in [0.4, 0.5) is 5.82 Å². The molecule has 0 saturated carbocycles. The number of nitrogens with zero attached hydrogens (tertiary/aromatic N) is 2. The van der Waals surface area contributed by atoms with E-state index in [-0.39, 0.29) is 0 Å². The van der Waals surface area contributed by atoms with Crippen molar-refractivity contribution in [3.8, 4) is 5.75 Å². The van der Waals surface area contributed by atoms with Crippen LogP contribution in [0.25, 0.3) is 0 Å². The van der Waals surface area contributed by atoms with E-state index in [4.69, 9.17) is 4.74 Å². The molecule has 2 heterocycles. The van der Waals surface area contributed by atoms with E-state index in [0.717, 1.165) is 36.8 Å². The first-order valence-corrected chi connectivity index (χ1v) is 5.61. The van der Waals surface area contributed by atoms with Crippen LogP contribution in [0.5, 0.6) is 5.75 Å². The third kappa shape index (κ3) is 3.21. The van der Waals surface area contributed by atoms with Crippen LogP contribution in [0.15, 0.2) is 30.7 Å². The number of aryl methyl sites for hydroxylation is 1. The summed E-state index contributed by atoms with van der Waals surface area (Å²) >= 11 is 0. The number of ether oxygens (including phenoxy) is 1. The van der Waals surface area contributed by atoms with E-state index in [1.807, 2.05) is 18.3 Å². The first-order chi connectivity index (χ1) is 8.40. The second-order valence-electron chi connectivity index (χ2n) is 3.62. The van der Waals surface area contributed by atoms with Crippen LogP contribution in [-0.2, 0) is 6.42 Å². The number of methoxy groups -OCH3 is 1. The number of H-pyrrole nitrogens is 1. The van der Waals surface area contributed by atoms with Crippen molar-refractivity contribution in [2.24, 2.45) is 0 Å². The van der Waals surface area contributed by atoms with Crippen molar-refractivity contribution in [3.05, 3.63) is 36.5 Å². The molecule has 17 heavy (non-hydrogen) atoms. The van der Waals surface area contributed by atoms with Gasteiger partial charge in [-0.25, -0.2) is 9.97 Å². The van der Waals surface area contributed by atoms with Crippen molar-refractivity contribution in [3.63, 3.8) is 0 Å². The van der Waals surface area contributed by atoms with E-state index in [0.29, 0.717) is 0 Å². The Morgan fingerprint density at radius 2 is 2.29 bits per heavy atom. The van der Waals surface area contributed by atoms with Crippen molar-refractivity contribution < 1.29 is 4.74 Å². The zero-order chi connectivity index (χ0) is 11.9. The Morgan fingerprint density at radius 1 is 1.35 bits per heavy atom. The van der Waals surface area contributed by atoms with Gasteiger partial charge in [-0.3, -0.25) is 0 Å². The van der Waals surface area contributed by atoms with Crippen LogP contribution in [-0.4, -0.2) is 28.6 Å². The summed E-state index contributed by atoms with van der Waals surface area (Å²) < 4.78 is 5.20. The number of rotatable bonds is 6. The summed E-state index contributed by atoms with van der Waals surface area (Å²) in [4.78, 5) is 11.5. The van der Waals surface area contributed by atoms with Crippen molar-refractivity contribution in [2.45, 2.75) is 12.8 Å². The highest BCUT2D eigenvalue weighted by molar-refractivity contribution is 5.49. The van der Waals surface area contributed by atoms with Crippen LogP contribution in [0.3, 0.4) is 0 Å². The van der Waals surface area contributed by atoms with E-state index in [2.05, 4.69) is 20.3 Å². The molecule has 5 nitrogen and oxygen atoms in total. The predicted octanol–water partition coefficient (Wildman–Crippen LogP) is 1.86. The molecule has 2 N–H and O–H groups in total. The molecular formula is C12H16N4O. The summed E-state index contributed by atoms with van der Waals surface area (Å²) in [6, 6.07) is 3.74. The average molecular weight is 232 g/mol. The summed E-state index contributed by atoms with van der Waals surface area (Å²) in [7, 11) is 1.64. The molecule has 0 fully saturated rings. The zero-order valence-corrected chi connectivity index (χ0v) is 9.81. The SMILES string of the molecule is COc1cccnc1NCCCc1ncc[nH]1. The quantitative estimate of drug-likeness (QED) is 0.746. The van der Waals surface area contributed by atoms with E-state index in [9.17, 15) is 0 Å². The second-order valence-corrected chi connectivity index (χ2v) is 3.62. The van der Waals surface area contributed by atoms with Gasteiger partial charge in [-0.1, -0.05) is 0 Å². The molecule has 0 aliphatic carbocycles. The zero-order valence-electron chi connectivity index (χ0n) is 9.81. The maximum absolute atomic E-state index is 5.20. The molecule has 0 bridgehead atoms. The summed E-state index contributed by atoms with van der Waals surface area (Å²) in [6.07, 6.45) is 7.27. The topological polar surface area (TPSA) is 62.8 Å². The molecule has 0 aliphatic heterocycles. The van der Waals surface area contributed by atoms with Crippen molar-refractivity contribution in [1.29, 1.82) is 0 Å². The second kappa shape index (κ2) is 5.89. The summed E-state index contributed by atoms with van der Waals surface area (Å²) in [5.41, 5.74) is 0. The van der Waals surface area contributed by atoms with Crippen LogP contribution >= 0.6 is 0 Å². The molecule has 90 valence electrons. The van der Waals surface area contributed by atoms with Crippen LogP contribution in [0.2, 0.25) is 0 Å². The molecule has 2 aromatic rings. The van der Waals surface area contributed by atoms with E-state index < -0.39 is 0 Å². The van der Waals surface area contributed by atoms with Gasteiger partial charge in [0.2, 0.25) is 0 Å². The van der Waals surface area contributed by atoms with Gasteiger partial charge >= 0.3 is 0 Å². The van der Waals surface area contributed by atoms with Gasteiger partial charge in [0.25, 0.3) is 0 Å². The fraction of sp³-hybridized carbons (Fsp3) is 0.333. The highest BCUT2D eigenvalue weighted by Gasteiger charge is 2.01. The van der Waals surface area contributed by atoms with Gasteiger partial charge in [0.05, 0.1) is 7.11 Å². The first-order valence-electron chi connectivity index (χ1n) is 5.61. The molecule has 0 spiro atoms. The highest BCUT2D eigenvalue weighted by atomic mass is 16.5. The van der Waals surface area contributed by atoms with Crippen LogP contribution in [0.1, 0.15) is 12.2 Å². The minimum atomic E-state index is 0.769. The normalized spacial score (nSPS) is 10.2. The maximum Gasteiger partial charge on any atom is 0.168 e. The number of pyridine rings is 1. The number of nitrogens with one attached hydrogen (secondary N) is 2. The fourth-order valence-electron chi connectivity index (χ4n) is 1.59. The van der Waals surface area contributed by atoms with Gasteiger partial charge in [-0.15, -0.1) is 0 Å². The lowest BCUT2D eigenvalue weighted by atomic mass is 10.3. The van der Waals surface area contributed by atoms with Gasteiger partial charge in [-0.2, -0.15) is 0 Å². The number of aromatic nitrogens is 3. The van der Waals surface area contributed by atoms with E-state index in [1.54, 1.807) is 19.5 Å². The standard InChI is InChI=1S/C12H16N4O/c1-17-10-4-2-6-15-12(10)16-7-3-5-11-13-8-9-14-11/h2,4,6,8-9H,3,5,7H2,1H3,(H,13,14)(H,15,16). The van der Waals surface area contributed by atoms with Gasteiger partial charge in [0.1, 0.15) is 5.82 Å². The monoisotopic (exact) mass is 232 g/mol. The Labute approximate surface area is 100 Å². The summed E-state index contributed by atoms with van der Waals surface area (Å²) in [5.74, 6) is 2.57. The molecule has 5 heteroatoms. The molecule has 0 amide bonds. The molecular weight excluding hydrogens is 216 g/mol. The largest absolute Gasteiger partial charge is 0.493 e. The Kier molecular flexibility index (Phi) is 3.96. The molecule has 2 aromatic heterocycles. The summed E-state index contributed by atoms with van der Waals surface area (Å²) in [5, 5.41) is 3.25. The van der Waals surface area contributed by atoms with Gasteiger partial charge in [-0.05, 0) is 18.6 Å². The number of anilines is 1. The van der Waals surface area contributed by atoms with Gasteiger partial charge in [0.15, 0.2) is 11.6 Å². The first kappa shape index (κ1) is 11.4. The van der Waals surface area contributed by atoms with E-state index in [1.165, 1.54) is 0 Å². The predicted molar refractivity (Wildman–Crippen MR) is 66.2 cm³/mol. The minimum absolute atomic E-state index is 0.769. The van der Waals surface area contributed by atoms with Gasteiger partial charge in [0, 0.05) is 31.6 Å². The number of aromatic amines is 1.